The summed E-state index contributed by atoms with van der Waals surface area (Å²) in [5, 5.41) is 5.64. The number of carbonyl (C=O) groups excluding carboxylic acids is 1. The smallest absolute Gasteiger partial charge is 0.325 e. The maximum absolute atomic E-state index is 12.6. The van der Waals surface area contributed by atoms with E-state index in [1.807, 2.05) is 66.7 Å². The lowest BCUT2D eigenvalue weighted by atomic mass is 10.1. The summed E-state index contributed by atoms with van der Waals surface area (Å²) in [7, 11) is -4.24. The van der Waals surface area contributed by atoms with Crippen molar-refractivity contribution in [2.75, 3.05) is 16.8 Å². The number of para-hydroxylation sites is 2. The highest BCUT2D eigenvalue weighted by Gasteiger charge is 2.53. The molecule has 2 unspecified atom stereocenters. The van der Waals surface area contributed by atoms with Gasteiger partial charge in [-0.15, -0.1) is 0 Å². The van der Waals surface area contributed by atoms with Crippen LogP contribution >= 0.6 is 7.60 Å². The van der Waals surface area contributed by atoms with Gasteiger partial charge >= 0.3 is 13.6 Å². The second-order valence-corrected chi connectivity index (χ2v) is 11.6. The highest BCUT2D eigenvalue weighted by molar-refractivity contribution is 7.51. The molecule has 5 atom stereocenters. The minimum atomic E-state index is -4.24. The molecule has 0 spiro atoms. The van der Waals surface area contributed by atoms with Gasteiger partial charge in [-0.05, 0) is 42.3 Å². The van der Waals surface area contributed by atoms with Gasteiger partial charge in [-0.2, -0.15) is 0 Å². The molecule has 0 aliphatic carbocycles. The van der Waals surface area contributed by atoms with Crippen LogP contribution in [-0.2, 0) is 18.8 Å². The molecule has 6 rings (SSSR count). The first-order valence-electron chi connectivity index (χ1n) is 13.2. The van der Waals surface area contributed by atoms with Crippen molar-refractivity contribution in [3.63, 3.8) is 0 Å². The highest BCUT2D eigenvalue weighted by atomic mass is 31.2. The first-order chi connectivity index (χ1) is 19.8. The number of imidazole rings is 1. The molecular weight excluding hydrogens is 547 g/mol. The third-order valence-electron chi connectivity index (χ3n) is 6.98. The third-order valence-corrected chi connectivity index (χ3v) is 7.82. The Labute approximate surface area is 235 Å². The lowest BCUT2D eigenvalue weighted by Gasteiger charge is -2.21. The topological polar surface area (TPSA) is 144 Å². The van der Waals surface area contributed by atoms with Crippen LogP contribution < -0.4 is 10.6 Å². The van der Waals surface area contributed by atoms with Crippen LogP contribution in [0.2, 0.25) is 0 Å². The third kappa shape index (κ3) is 6.25. The zero-order valence-corrected chi connectivity index (χ0v) is 22.7. The van der Waals surface area contributed by atoms with E-state index >= 15 is 0 Å². The summed E-state index contributed by atoms with van der Waals surface area (Å²) < 4.78 is 32.2. The van der Waals surface area contributed by atoms with Gasteiger partial charge in [0.15, 0.2) is 12.5 Å². The van der Waals surface area contributed by atoms with E-state index in [-0.39, 0.29) is 12.6 Å². The van der Waals surface area contributed by atoms with Gasteiger partial charge < -0.3 is 39.2 Å². The molecular formula is C29H29N4O7P. The molecule has 0 bridgehead atoms. The molecule has 0 saturated carbocycles. The van der Waals surface area contributed by atoms with Crippen molar-refractivity contribution in [1.29, 1.82) is 0 Å². The zero-order chi connectivity index (χ0) is 28.4. The Morgan fingerprint density at radius 1 is 0.927 bits per heavy atom. The fraction of sp³-hybridized carbons (Fsp3) is 0.241. The van der Waals surface area contributed by atoms with E-state index in [9.17, 15) is 19.1 Å². The predicted molar refractivity (Wildman–Crippen MR) is 153 cm³/mol. The lowest BCUT2D eigenvalue weighted by Crippen LogP contribution is -2.29. The number of hydrogen-bond acceptors (Lipinski definition) is 6. The highest BCUT2D eigenvalue weighted by Crippen LogP contribution is 2.44. The summed E-state index contributed by atoms with van der Waals surface area (Å²) in [6, 6.07) is 23.8. The fourth-order valence-corrected chi connectivity index (χ4v) is 5.71. The molecule has 2 amide bonds. The molecule has 12 heteroatoms. The predicted octanol–water partition coefficient (Wildman–Crippen LogP) is 4.97. The van der Waals surface area contributed by atoms with E-state index in [0.717, 1.165) is 5.56 Å². The van der Waals surface area contributed by atoms with Gasteiger partial charge in [0, 0.05) is 5.69 Å². The average Bonchev–Trinajstić information content (AvgIpc) is 3.66. The van der Waals surface area contributed by atoms with E-state index in [1.54, 1.807) is 35.2 Å². The van der Waals surface area contributed by atoms with Crippen molar-refractivity contribution in [3.8, 4) is 0 Å². The van der Waals surface area contributed by atoms with Gasteiger partial charge in [0.25, 0.3) is 0 Å². The standard InChI is InChI=1S/C29H29N4O7P/c34-29(31-20-10-5-2-6-11-20)32-21-12-7-13-22-25(21)30-18-33(22)28-27-26(23(38-28)16-17-41(35,36)37)39-24(40-27)15-14-19-8-3-1-4-9-19/h1-15,18,23-24,26-28H,16-17H2,(H2,31,32,34)(H2,35,36,37)/b15-14+/t23-,24+,26?,27?,28-/m1/s1. The summed E-state index contributed by atoms with van der Waals surface area (Å²) in [6.07, 6.45) is 2.03. The Hall–Kier alpha value is -3.83. The summed E-state index contributed by atoms with van der Waals surface area (Å²) in [4.78, 5) is 36.2. The first kappa shape index (κ1) is 27.3. The Balaban J connectivity index is 1.24. The molecule has 4 N–H and O–H groups in total. The normalized spacial score (nSPS) is 24.1. The van der Waals surface area contributed by atoms with Gasteiger partial charge in [0.2, 0.25) is 0 Å². The van der Waals surface area contributed by atoms with Crippen LogP contribution in [0, 0.1) is 0 Å². The summed E-state index contributed by atoms with van der Waals surface area (Å²) in [5.41, 5.74) is 3.39. The van der Waals surface area contributed by atoms with Crippen molar-refractivity contribution in [2.24, 2.45) is 0 Å². The fourth-order valence-electron chi connectivity index (χ4n) is 5.12. The van der Waals surface area contributed by atoms with Gasteiger partial charge in [0.1, 0.15) is 17.7 Å². The van der Waals surface area contributed by atoms with Crippen molar-refractivity contribution in [2.45, 2.75) is 37.3 Å². The number of amides is 2. The van der Waals surface area contributed by atoms with E-state index in [1.165, 1.54) is 0 Å². The number of hydrogen-bond donors (Lipinski definition) is 4. The second-order valence-electron chi connectivity index (χ2n) is 9.85. The van der Waals surface area contributed by atoms with Crippen molar-refractivity contribution in [3.05, 3.63) is 96.8 Å². The number of aromatic nitrogens is 2. The van der Waals surface area contributed by atoms with Crippen molar-refractivity contribution < 1.29 is 33.4 Å². The number of fused-ring (bicyclic) bond motifs is 2. The van der Waals surface area contributed by atoms with Gasteiger partial charge in [-0.25, -0.2) is 9.78 Å². The molecule has 4 aromatic rings. The second kappa shape index (κ2) is 11.6. The number of nitrogens with one attached hydrogen (secondary N) is 2. The first-order valence-corrected chi connectivity index (χ1v) is 15.0. The molecule has 2 saturated heterocycles. The van der Waals surface area contributed by atoms with E-state index < -0.39 is 44.5 Å². The lowest BCUT2D eigenvalue weighted by molar-refractivity contribution is -0.125. The Morgan fingerprint density at radius 2 is 1.66 bits per heavy atom. The maximum Gasteiger partial charge on any atom is 0.325 e. The Morgan fingerprint density at radius 3 is 2.41 bits per heavy atom. The monoisotopic (exact) mass is 576 g/mol. The van der Waals surface area contributed by atoms with Crippen LogP contribution in [0.3, 0.4) is 0 Å². The van der Waals surface area contributed by atoms with Crippen molar-refractivity contribution in [1.82, 2.24) is 9.55 Å². The number of benzene rings is 3. The molecule has 11 nitrogen and oxygen atoms in total. The van der Waals surface area contributed by atoms with E-state index in [2.05, 4.69) is 15.6 Å². The number of ether oxygens (including phenoxy) is 3. The van der Waals surface area contributed by atoms with Gasteiger partial charge in [-0.1, -0.05) is 60.7 Å². The van der Waals surface area contributed by atoms with E-state index in [0.29, 0.717) is 22.4 Å². The van der Waals surface area contributed by atoms with Gasteiger partial charge in [0.05, 0.1) is 29.8 Å². The molecule has 2 aliphatic heterocycles. The number of carbonyl (C=O) groups is 1. The largest absolute Gasteiger partial charge is 0.349 e. The number of nitrogens with zero attached hydrogens (tertiary/aromatic N) is 2. The van der Waals surface area contributed by atoms with Crippen LogP contribution in [0.1, 0.15) is 18.2 Å². The minimum absolute atomic E-state index is 0.0967. The molecule has 1 aromatic heterocycles. The number of anilines is 2. The SMILES string of the molecule is O=C(Nc1ccccc1)Nc1cccc2c1ncn2[C@@H]1O[C@H](CCP(=O)(O)O)C2O[C@H](/C=C/c3ccccc3)OC21. The van der Waals surface area contributed by atoms with Crippen LogP contribution in [0.5, 0.6) is 0 Å². The molecule has 2 fully saturated rings. The Kier molecular flexibility index (Phi) is 7.72. The average molecular weight is 577 g/mol. The number of urea groups is 1. The van der Waals surface area contributed by atoms with Crippen LogP contribution in [0.4, 0.5) is 16.2 Å². The van der Waals surface area contributed by atoms with Crippen molar-refractivity contribution >= 4 is 42.1 Å². The molecule has 41 heavy (non-hydrogen) atoms. The van der Waals surface area contributed by atoms with E-state index in [4.69, 9.17) is 14.2 Å². The number of rotatable bonds is 8. The Bertz CT molecular complexity index is 1590. The minimum Gasteiger partial charge on any atom is -0.349 e. The summed E-state index contributed by atoms with van der Waals surface area (Å²) in [6.45, 7) is 0. The van der Waals surface area contributed by atoms with Crippen LogP contribution in [-0.4, -0.2) is 56.1 Å². The van der Waals surface area contributed by atoms with Crippen LogP contribution in [0.25, 0.3) is 17.1 Å². The molecule has 3 aromatic carbocycles. The molecule has 2 aliphatic rings. The molecule has 212 valence electrons. The molecule has 0 radical (unpaired) electrons. The van der Waals surface area contributed by atoms with Gasteiger partial charge in [-0.3, -0.25) is 4.57 Å². The molecule has 3 heterocycles. The summed E-state index contributed by atoms with van der Waals surface area (Å²) in [5.74, 6) is 0. The zero-order valence-electron chi connectivity index (χ0n) is 21.8. The summed E-state index contributed by atoms with van der Waals surface area (Å²) >= 11 is 0. The quantitative estimate of drug-likeness (QED) is 0.215. The maximum atomic E-state index is 12.6. The van der Waals surface area contributed by atoms with Crippen LogP contribution in [0.15, 0.2) is 91.3 Å².